The van der Waals surface area contributed by atoms with Crippen molar-refractivity contribution in [3.63, 3.8) is 0 Å². The van der Waals surface area contributed by atoms with Crippen LogP contribution in [0.2, 0.25) is 0 Å². The van der Waals surface area contributed by atoms with E-state index in [1.807, 2.05) is 13.8 Å². The van der Waals surface area contributed by atoms with Gasteiger partial charge in [0.05, 0.1) is 11.1 Å². The highest BCUT2D eigenvalue weighted by molar-refractivity contribution is 6.17. The van der Waals surface area contributed by atoms with Crippen molar-refractivity contribution in [3.8, 4) is 11.1 Å². The zero-order chi connectivity index (χ0) is 22.3. The van der Waals surface area contributed by atoms with Gasteiger partial charge in [-0.2, -0.15) is 0 Å². The quantitative estimate of drug-likeness (QED) is 0.476. The Kier molecular flexibility index (Phi) is 5.02. The average molecular weight is 421 g/mol. The molecule has 0 aliphatic heterocycles. The molecule has 3 heterocycles. The molecule has 0 spiro atoms. The molecule has 0 radical (unpaired) electrons. The minimum atomic E-state index is -1.30. The predicted molar refractivity (Wildman–Crippen MR) is 110 cm³/mol. The van der Waals surface area contributed by atoms with Gasteiger partial charge in [-0.25, -0.2) is 23.7 Å². The monoisotopic (exact) mass is 421 g/mol. The van der Waals surface area contributed by atoms with Crippen LogP contribution in [0.4, 0.5) is 8.78 Å². The van der Waals surface area contributed by atoms with Gasteiger partial charge in [-0.1, -0.05) is 13.8 Å². The Morgan fingerprint density at radius 2 is 1.68 bits per heavy atom. The van der Waals surface area contributed by atoms with Gasteiger partial charge < -0.3 is 10.7 Å². The maximum atomic E-state index is 14.7. The number of primary amides is 1. The molecule has 0 atom stereocenters. The second kappa shape index (κ2) is 7.67. The summed E-state index contributed by atoms with van der Waals surface area (Å²) in [5, 5.41) is 0.360. The summed E-state index contributed by atoms with van der Waals surface area (Å²) >= 11 is 0. The summed E-state index contributed by atoms with van der Waals surface area (Å²) in [7, 11) is 0. The van der Waals surface area contributed by atoms with Gasteiger partial charge in [0, 0.05) is 52.8 Å². The van der Waals surface area contributed by atoms with Gasteiger partial charge in [0.25, 0.3) is 5.91 Å². The number of benzene rings is 1. The number of rotatable bonds is 5. The Hall–Kier alpha value is -4.01. The summed E-state index contributed by atoms with van der Waals surface area (Å²) in [5.74, 6) is -3.56. The molecule has 9 heteroatoms. The highest BCUT2D eigenvalue weighted by Crippen LogP contribution is 2.28. The summed E-state index contributed by atoms with van der Waals surface area (Å²) in [6.45, 7) is 3.96. The van der Waals surface area contributed by atoms with Crippen molar-refractivity contribution in [3.05, 3.63) is 77.1 Å². The normalized spacial score (nSPS) is 11.3. The van der Waals surface area contributed by atoms with Gasteiger partial charge in [-0.15, -0.1) is 0 Å². The summed E-state index contributed by atoms with van der Waals surface area (Å²) in [4.78, 5) is 40.1. The number of H-pyrrole nitrogens is 1. The number of hydrogen-bond acceptors (Lipinski definition) is 5. The van der Waals surface area contributed by atoms with E-state index in [1.165, 1.54) is 6.20 Å². The lowest BCUT2D eigenvalue weighted by Crippen LogP contribution is -2.17. The van der Waals surface area contributed by atoms with Gasteiger partial charge >= 0.3 is 0 Å². The van der Waals surface area contributed by atoms with Crippen molar-refractivity contribution in [1.29, 1.82) is 0 Å². The van der Waals surface area contributed by atoms with Crippen LogP contribution in [-0.2, 0) is 0 Å². The Morgan fingerprint density at radius 1 is 1.00 bits per heavy atom. The lowest BCUT2D eigenvalue weighted by Gasteiger charge is -2.07. The van der Waals surface area contributed by atoms with Crippen LogP contribution in [0.1, 0.15) is 51.9 Å². The molecule has 7 nitrogen and oxygen atoms in total. The molecule has 0 saturated carbocycles. The van der Waals surface area contributed by atoms with Gasteiger partial charge in [-0.3, -0.25) is 9.59 Å². The third-order valence-corrected chi connectivity index (χ3v) is 4.88. The van der Waals surface area contributed by atoms with Crippen LogP contribution in [-0.4, -0.2) is 31.6 Å². The molecule has 0 bridgehead atoms. The second-order valence-electron chi connectivity index (χ2n) is 7.28. The molecule has 0 unspecified atom stereocenters. The lowest BCUT2D eigenvalue weighted by molar-refractivity contribution is 0.0996. The molecule has 0 fully saturated rings. The molecular weight excluding hydrogens is 404 g/mol. The van der Waals surface area contributed by atoms with Crippen LogP contribution in [0.25, 0.3) is 22.2 Å². The Bertz CT molecular complexity index is 1330. The predicted octanol–water partition coefficient (Wildman–Crippen LogP) is 3.75. The number of nitrogens with two attached hydrogens (primary N) is 1. The van der Waals surface area contributed by atoms with Crippen molar-refractivity contribution in [2.75, 3.05) is 0 Å². The number of nitrogens with zero attached hydrogens (tertiary/aromatic N) is 3. The summed E-state index contributed by atoms with van der Waals surface area (Å²) in [6.07, 6.45) is 6.19. The number of pyridine rings is 1. The number of fused-ring (bicyclic) bond motifs is 1. The largest absolute Gasteiger partial charge is 0.366 e. The van der Waals surface area contributed by atoms with Crippen LogP contribution in [0.5, 0.6) is 0 Å². The van der Waals surface area contributed by atoms with Gasteiger partial charge in [0.1, 0.15) is 23.1 Å². The van der Waals surface area contributed by atoms with E-state index >= 15 is 0 Å². The van der Waals surface area contributed by atoms with E-state index in [4.69, 9.17) is 5.73 Å². The Morgan fingerprint density at radius 3 is 2.32 bits per heavy atom. The molecule has 156 valence electrons. The molecule has 1 amide bonds. The maximum Gasteiger partial charge on any atom is 0.251 e. The number of nitrogens with one attached hydrogen (secondary N) is 1. The first-order valence-electron chi connectivity index (χ1n) is 9.40. The third kappa shape index (κ3) is 3.54. The molecule has 3 aromatic heterocycles. The zero-order valence-corrected chi connectivity index (χ0v) is 16.6. The van der Waals surface area contributed by atoms with Crippen molar-refractivity contribution in [2.24, 2.45) is 5.73 Å². The van der Waals surface area contributed by atoms with E-state index in [0.717, 1.165) is 12.1 Å². The van der Waals surface area contributed by atoms with Crippen LogP contribution in [0.15, 0.2) is 43.0 Å². The molecule has 0 saturated heterocycles. The van der Waals surface area contributed by atoms with E-state index in [2.05, 4.69) is 19.9 Å². The van der Waals surface area contributed by atoms with Crippen LogP contribution >= 0.6 is 0 Å². The molecule has 0 aliphatic carbocycles. The number of halogens is 2. The van der Waals surface area contributed by atoms with Crippen molar-refractivity contribution in [2.45, 2.75) is 19.8 Å². The van der Waals surface area contributed by atoms with Gasteiger partial charge in [0.15, 0.2) is 0 Å². The number of hydrogen-bond donors (Lipinski definition) is 2. The fourth-order valence-electron chi connectivity index (χ4n) is 3.22. The molecule has 31 heavy (non-hydrogen) atoms. The van der Waals surface area contributed by atoms with E-state index in [0.29, 0.717) is 28.0 Å². The standard InChI is InChI=1S/C22H17F2N5O2/c1-10(2)21-26-7-12(8-27-21)11-5-14-15(9-29-22(14)28-6-11)19(30)17-16(23)4-3-13(18(17)24)20(25)31/h3-10H,1-2H3,(H2,25,31)(H,28,29). The zero-order valence-electron chi connectivity index (χ0n) is 16.6. The lowest BCUT2D eigenvalue weighted by atomic mass is 9.98. The van der Waals surface area contributed by atoms with Crippen molar-refractivity contribution < 1.29 is 18.4 Å². The molecule has 0 aliphatic rings. The fraction of sp³-hybridized carbons (Fsp3) is 0.136. The second-order valence-corrected chi connectivity index (χ2v) is 7.28. The number of aromatic amines is 1. The summed E-state index contributed by atoms with van der Waals surface area (Å²) in [5.41, 5.74) is 5.36. The van der Waals surface area contributed by atoms with Crippen LogP contribution in [0.3, 0.4) is 0 Å². The minimum Gasteiger partial charge on any atom is -0.366 e. The smallest absolute Gasteiger partial charge is 0.251 e. The van der Waals surface area contributed by atoms with Crippen LogP contribution < -0.4 is 5.73 Å². The number of carbonyl (C=O) groups excluding carboxylic acids is 2. The molecular formula is C22H17F2N5O2. The molecule has 1 aromatic carbocycles. The van der Waals surface area contributed by atoms with E-state index in [1.54, 1.807) is 24.7 Å². The Labute approximate surface area is 175 Å². The van der Waals surface area contributed by atoms with Gasteiger partial charge in [0.2, 0.25) is 5.78 Å². The van der Waals surface area contributed by atoms with Crippen molar-refractivity contribution in [1.82, 2.24) is 19.9 Å². The highest BCUT2D eigenvalue weighted by Gasteiger charge is 2.26. The Balaban J connectivity index is 1.81. The fourth-order valence-corrected chi connectivity index (χ4v) is 3.22. The molecule has 3 N–H and O–H groups in total. The first-order chi connectivity index (χ1) is 14.8. The number of aromatic nitrogens is 4. The molecule has 4 aromatic rings. The number of ketones is 1. The number of carbonyl (C=O) groups is 2. The topological polar surface area (TPSA) is 115 Å². The highest BCUT2D eigenvalue weighted by atomic mass is 19.1. The summed E-state index contributed by atoms with van der Waals surface area (Å²) < 4.78 is 29.0. The first-order valence-corrected chi connectivity index (χ1v) is 9.40. The van der Waals surface area contributed by atoms with Crippen molar-refractivity contribution >= 4 is 22.7 Å². The van der Waals surface area contributed by atoms with E-state index in [9.17, 15) is 18.4 Å². The molecule has 4 rings (SSSR count). The average Bonchev–Trinajstić information content (AvgIpc) is 3.16. The third-order valence-electron chi connectivity index (χ3n) is 4.88. The maximum absolute atomic E-state index is 14.7. The first kappa shape index (κ1) is 20.3. The minimum absolute atomic E-state index is 0.00323. The van der Waals surface area contributed by atoms with E-state index < -0.39 is 34.5 Å². The SMILES string of the molecule is CC(C)c1ncc(-c2cnc3[nH]cc(C(=O)c4c(F)ccc(C(N)=O)c4F)c3c2)cn1. The van der Waals surface area contributed by atoms with Crippen LogP contribution in [0, 0.1) is 11.6 Å². The van der Waals surface area contributed by atoms with Gasteiger partial charge in [-0.05, 0) is 18.2 Å². The summed E-state index contributed by atoms with van der Waals surface area (Å²) in [6, 6.07) is 3.40. The van der Waals surface area contributed by atoms with E-state index in [-0.39, 0.29) is 11.5 Å². The number of amides is 1.